The molecule has 96 valence electrons. The molecule has 0 saturated heterocycles. The molecular formula is C14H23NOS. The van der Waals surface area contributed by atoms with Crippen LogP contribution in [-0.4, -0.2) is 10.8 Å². The summed E-state index contributed by atoms with van der Waals surface area (Å²) in [6.07, 6.45) is 8.69. The number of ketones is 1. The number of nitrogens with zero attached hydrogens (tertiary/aromatic N) is 1. The number of rotatable bonds is 9. The monoisotopic (exact) mass is 253 g/mol. The van der Waals surface area contributed by atoms with E-state index >= 15 is 0 Å². The van der Waals surface area contributed by atoms with E-state index in [2.05, 4.69) is 11.9 Å². The third-order valence-electron chi connectivity index (χ3n) is 2.85. The highest BCUT2D eigenvalue weighted by Crippen LogP contribution is 2.11. The van der Waals surface area contributed by atoms with Crippen LogP contribution in [0.4, 0.5) is 0 Å². The Kier molecular flexibility index (Phi) is 7.10. The molecule has 0 amide bonds. The topological polar surface area (TPSA) is 30.0 Å². The van der Waals surface area contributed by atoms with Crippen molar-refractivity contribution in [1.82, 2.24) is 4.98 Å². The molecule has 0 saturated carbocycles. The quantitative estimate of drug-likeness (QED) is 0.614. The van der Waals surface area contributed by atoms with Gasteiger partial charge in [0.2, 0.25) is 0 Å². The number of carbonyl (C=O) groups is 1. The van der Waals surface area contributed by atoms with Crippen LogP contribution in [-0.2, 0) is 11.2 Å². The molecular weight excluding hydrogens is 230 g/mol. The average Bonchev–Trinajstić information content (AvgIpc) is 2.69. The van der Waals surface area contributed by atoms with Crippen molar-refractivity contribution < 1.29 is 4.79 Å². The second-order valence-electron chi connectivity index (χ2n) is 4.59. The third-order valence-corrected chi connectivity index (χ3v) is 3.68. The molecule has 0 spiro atoms. The molecule has 0 bridgehead atoms. The summed E-state index contributed by atoms with van der Waals surface area (Å²) in [5.41, 5.74) is 0.948. The summed E-state index contributed by atoms with van der Waals surface area (Å²) in [6, 6.07) is 0. The molecule has 1 aromatic rings. The Morgan fingerprint density at radius 2 is 1.94 bits per heavy atom. The maximum Gasteiger partial charge on any atom is 0.138 e. The lowest BCUT2D eigenvalue weighted by Gasteiger charge is -2.00. The van der Waals surface area contributed by atoms with E-state index in [9.17, 15) is 4.79 Å². The van der Waals surface area contributed by atoms with Gasteiger partial charge in [0.05, 0.1) is 10.7 Å². The minimum atomic E-state index is 0.339. The normalized spacial score (nSPS) is 10.7. The first kappa shape index (κ1) is 14.4. The summed E-state index contributed by atoms with van der Waals surface area (Å²) >= 11 is 1.62. The molecule has 2 nitrogen and oxygen atoms in total. The van der Waals surface area contributed by atoms with Gasteiger partial charge in [-0.3, -0.25) is 4.79 Å². The van der Waals surface area contributed by atoms with Crippen LogP contribution in [0.2, 0.25) is 0 Å². The second-order valence-corrected chi connectivity index (χ2v) is 5.65. The highest BCUT2D eigenvalue weighted by molar-refractivity contribution is 7.09. The number of Topliss-reactive ketones (excluding diaryl/α,β-unsaturated/α-hetero) is 1. The Bertz CT molecular complexity index is 333. The summed E-state index contributed by atoms with van der Waals surface area (Å²) in [4.78, 5) is 16.0. The Balaban J connectivity index is 2.05. The van der Waals surface area contributed by atoms with Crippen molar-refractivity contribution in [2.45, 2.75) is 65.2 Å². The van der Waals surface area contributed by atoms with Gasteiger partial charge in [0, 0.05) is 18.2 Å². The molecule has 1 rings (SSSR count). The zero-order valence-corrected chi connectivity index (χ0v) is 11.8. The molecule has 0 unspecified atom stereocenters. The van der Waals surface area contributed by atoms with E-state index in [-0.39, 0.29) is 0 Å². The van der Waals surface area contributed by atoms with E-state index < -0.39 is 0 Å². The van der Waals surface area contributed by atoms with Crippen LogP contribution < -0.4 is 0 Å². The van der Waals surface area contributed by atoms with Gasteiger partial charge in [-0.1, -0.05) is 39.0 Å². The van der Waals surface area contributed by atoms with Gasteiger partial charge in [0.25, 0.3) is 0 Å². The van der Waals surface area contributed by atoms with Gasteiger partial charge in [-0.15, -0.1) is 11.3 Å². The lowest BCUT2D eigenvalue weighted by atomic mass is 10.1. The third kappa shape index (κ3) is 6.57. The summed E-state index contributed by atoms with van der Waals surface area (Å²) in [6.45, 7) is 4.20. The molecule has 0 aromatic carbocycles. The van der Waals surface area contributed by atoms with Crippen molar-refractivity contribution in [2.75, 3.05) is 0 Å². The molecule has 1 aromatic heterocycles. The zero-order chi connectivity index (χ0) is 12.5. The fourth-order valence-electron chi connectivity index (χ4n) is 1.88. The number of unbranched alkanes of at least 4 members (excludes halogenated alkanes) is 5. The number of hydrogen-bond acceptors (Lipinski definition) is 3. The lowest BCUT2D eigenvalue weighted by Crippen LogP contribution is -2.02. The number of aryl methyl sites for hydroxylation is 1. The Hall–Kier alpha value is -0.700. The van der Waals surface area contributed by atoms with Gasteiger partial charge in [-0.05, 0) is 13.3 Å². The van der Waals surface area contributed by atoms with Crippen LogP contribution in [0.3, 0.4) is 0 Å². The highest BCUT2D eigenvalue weighted by Gasteiger charge is 2.06. The van der Waals surface area contributed by atoms with Crippen molar-refractivity contribution in [1.29, 1.82) is 0 Å². The van der Waals surface area contributed by atoms with Crippen molar-refractivity contribution >= 4 is 17.1 Å². The van der Waals surface area contributed by atoms with E-state index in [1.54, 1.807) is 11.3 Å². The van der Waals surface area contributed by atoms with Crippen LogP contribution in [0.1, 0.15) is 62.6 Å². The van der Waals surface area contributed by atoms with E-state index in [0.29, 0.717) is 12.2 Å². The molecule has 0 aliphatic heterocycles. The molecule has 0 aliphatic carbocycles. The first-order chi connectivity index (χ1) is 8.22. The summed E-state index contributed by atoms with van der Waals surface area (Å²) in [5.74, 6) is 0.339. The van der Waals surface area contributed by atoms with Crippen LogP contribution in [0.25, 0.3) is 0 Å². The molecule has 0 radical (unpaired) electrons. The summed E-state index contributed by atoms with van der Waals surface area (Å²) in [5, 5.41) is 3.04. The van der Waals surface area contributed by atoms with Crippen molar-refractivity contribution in [3.8, 4) is 0 Å². The molecule has 1 heterocycles. The number of carbonyl (C=O) groups excluding carboxylic acids is 1. The molecule has 17 heavy (non-hydrogen) atoms. The highest BCUT2D eigenvalue weighted by atomic mass is 32.1. The number of hydrogen-bond donors (Lipinski definition) is 0. The smallest absolute Gasteiger partial charge is 0.138 e. The first-order valence-corrected chi connectivity index (χ1v) is 7.53. The van der Waals surface area contributed by atoms with Gasteiger partial charge in [0.15, 0.2) is 0 Å². The summed E-state index contributed by atoms with van der Waals surface area (Å²) in [7, 11) is 0. The largest absolute Gasteiger partial charge is 0.299 e. The fraction of sp³-hybridized carbons (Fsp3) is 0.714. The number of thiazole rings is 1. The predicted molar refractivity (Wildman–Crippen MR) is 73.6 cm³/mol. The zero-order valence-electron chi connectivity index (χ0n) is 11.0. The maximum absolute atomic E-state index is 11.7. The maximum atomic E-state index is 11.7. The van der Waals surface area contributed by atoms with Crippen molar-refractivity contribution in [2.24, 2.45) is 0 Å². The van der Waals surface area contributed by atoms with Gasteiger partial charge < -0.3 is 0 Å². The van der Waals surface area contributed by atoms with Crippen LogP contribution in [0.15, 0.2) is 5.38 Å². The van der Waals surface area contributed by atoms with Crippen LogP contribution >= 0.6 is 11.3 Å². The van der Waals surface area contributed by atoms with Crippen molar-refractivity contribution in [3.63, 3.8) is 0 Å². The predicted octanol–water partition coefficient (Wildman–Crippen LogP) is 4.31. The molecule has 0 atom stereocenters. The Morgan fingerprint density at radius 1 is 1.24 bits per heavy atom. The lowest BCUT2D eigenvalue weighted by molar-refractivity contribution is -0.118. The molecule has 0 aliphatic rings. The number of aromatic nitrogens is 1. The van der Waals surface area contributed by atoms with E-state index in [1.165, 1.54) is 32.1 Å². The van der Waals surface area contributed by atoms with Gasteiger partial charge in [-0.2, -0.15) is 0 Å². The minimum Gasteiger partial charge on any atom is -0.299 e. The average molecular weight is 253 g/mol. The van der Waals surface area contributed by atoms with E-state index in [1.807, 2.05) is 12.3 Å². The Labute approximate surface area is 108 Å². The van der Waals surface area contributed by atoms with Crippen LogP contribution in [0, 0.1) is 6.92 Å². The summed E-state index contributed by atoms with van der Waals surface area (Å²) < 4.78 is 0. The molecule has 0 N–H and O–H groups in total. The second kappa shape index (κ2) is 8.40. The van der Waals surface area contributed by atoms with Crippen LogP contribution in [0.5, 0.6) is 0 Å². The molecule has 0 fully saturated rings. The first-order valence-electron chi connectivity index (χ1n) is 6.65. The molecule has 3 heteroatoms. The van der Waals surface area contributed by atoms with E-state index in [4.69, 9.17) is 0 Å². The van der Waals surface area contributed by atoms with Crippen molar-refractivity contribution in [3.05, 3.63) is 16.1 Å². The SMILES string of the molecule is CCCCCCCCC(=O)Cc1csc(C)n1. The standard InChI is InChI=1S/C14H23NOS/c1-3-4-5-6-7-8-9-14(16)10-13-11-17-12(2)15-13/h11H,3-10H2,1-2H3. The van der Waals surface area contributed by atoms with Gasteiger partial charge in [-0.25, -0.2) is 4.98 Å². The van der Waals surface area contributed by atoms with Gasteiger partial charge >= 0.3 is 0 Å². The Morgan fingerprint density at radius 3 is 2.59 bits per heavy atom. The fourth-order valence-corrected chi connectivity index (χ4v) is 2.49. The van der Waals surface area contributed by atoms with E-state index in [0.717, 1.165) is 23.5 Å². The van der Waals surface area contributed by atoms with Gasteiger partial charge in [0.1, 0.15) is 5.78 Å². The minimum absolute atomic E-state index is 0.339.